The molecule has 1 N–H and O–H groups in total. The zero-order valence-corrected chi connectivity index (χ0v) is 48.7. The van der Waals surface area contributed by atoms with E-state index in [0.717, 1.165) is 4.68 Å². The highest BCUT2D eigenvalue weighted by molar-refractivity contribution is 6.50. The van der Waals surface area contributed by atoms with Crippen LogP contribution in [-0.2, 0) is 29.1 Å². The highest BCUT2D eigenvalue weighted by Crippen LogP contribution is 2.31. The normalized spacial score (nSPS) is 15.5. The molecule has 13 rings (SSSR count). The number of halogens is 16. The van der Waals surface area contributed by atoms with Crippen LogP contribution >= 0.6 is 0 Å². The first-order valence-corrected chi connectivity index (χ1v) is 27.4. The fourth-order valence-corrected chi connectivity index (χ4v) is 8.75. The number of ether oxygens (including phenoxy) is 2. The molecule has 3 aromatic carbocycles. The van der Waals surface area contributed by atoms with Crippen LogP contribution in [0.25, 0.3) is 45.7 Å². The van der Waals surface area contributed by atoms with Crippen molar-refractivity contribution in [1.29, 1.82) is 0 Å². The highest BCUT2D eigenvalue weighted by Gasteiger charge is 2.52. The summed E-state index contributed by atoms with van der Waals surface area (Å²) in [5.41, 5.74) is 0.421. The minimum absolute atomic E-state index is 0.0740. The van der Waals surface area contributed by atoms with Crippen molar-refractivity contribution in [3.05, 3.63) is 195 Å². The van der Waals surface area contributed by atoms with Crippen LogP contribution < -0.4 is 5.56 Å². The van der Waals surface area contributed by atoms with Crippen LogP contribution in [0.1, 0.15) is 51.5 Å². The number of nitrogens with one attached hydrogen (secondary N) is 1. The Kier molecular flexibility index (Phi) is 23.7. The number of esters is 2. The maximum Gasteiger partial charge on any atom is 0.673 e. The summed E-state index contributed by atoms with van der Waals surface area (Å²) >= 11 is 0. The predicted molar refractivity (Wildman–Crippen MR) is 298 cm³/mol. The molecule has 94 heavy (non-hydrogen) atoms. The van der Waals surface area contributed by atoms with Crippen LogP contribution in [0.3, 0.4) is 0 Å². The van der Waals surface area contributed by atoms with Gasteiger partial charge in [-0.1, -0.05) is 70.1 Å². The fourth-order valence-electron chi connectivity index (χ4n) is 8.75. The summed E-state index contributed by atoms with van der Waals surface area (Å²) in [4.78, 5) is 41.0. The van der Waals surface area contributed by atoms with Crippen molar-refractivity contribution in [2.75, 3.05) is 52.5 Å². The molecule has 10 aromatic rings. The lowest BCUT2D eigenvalue weighted by Crippen LogP contribution is -2.68. The molecule has 0 aliphatic carbocycles. The molecule has 3 aliphatic rings. The Morgan fingerprint density at radius 1 is 0.532 bits per heavy atom. The van der Waals surface area contributed by atoms with Gasteiger partial charge in [0.05, 0.1) is 44.7 Å². The quantitative estimate of drug-likeness (QED) is 0.0462. The van der Waals surface area contributed by atoms with Crippen molar-refractivity contribution in [3.8, 4) is 45.7 Å². The highest BCUT2D eigenvalue weighted by atomic mass is 19.5. The maximum atomic E-state index is 15.1. The molecular formula is C55H49B2F16N13O8. The topological polar surface area (TPSA) is 230 Å². The number of rotatable bonds is 14. The van der Waals surface area contributed by atoms with Crippen LogP contribution in [0.15, 0.2) is 140 Å². The molecule has 21 nitrogen and oxygen atoms in total. The summed E-state index contributed by atoms with van der Waals surface area (Å²) < 4.78 is 216. The lowest BCUT2D eigenvalue weighted by molar-refractivity contribution is -1.19. The minimum Gasteiger partial charge on any atom is -0.461 e. The molecular weight excluding hydrogens is 1300 g/mol. The molecule has 39 heteroatoms. The van der Waals surface area contributed by atoms with Crippen LogP contribution in [0.4, 0.5) is 69.8 Å². The van der Waals surface area contributed by atoms with Crippen molar-refractivity contribution >= 4 is 26.4 Å². The van der Waals surface area contributed by atoms with Crippen molar-refractivity contribution in [3.63, 3.8) is 0 Å². The Labute approximate surface area is 518 Å². The molecule has 10 heterocycles. The van der Waals surface area contributed by atoms with Gasteiger partial charge in [0.15, 0.2) is 68.1 Å². The summed E-state index contributed by atoms with van der Waals surface area (Å²) in [5.74, 6) is -5.86. The third kappa shape index (κ3) is 19.8. The first-order valence-electron chi connectivity index (χ1n) is 27.4. The summed E-state index contributed by atoms with van der Waals surface area (Å²) in [7, 11) is -12.0. The van der Waals surface area contributed by atoms with E-state index < -0.39 is 66.8 Å². The summed E-state index contributed by atoms with van der Waals surface area (Å²) in [5, 5.41) is 23.4. The average Bonchev–Trinajstić information content (AvgIpc) is 1.68. The number of nitrogens with zero attached hydrogens (tertiary/aromatic N) is 12. The smallest absolute Gasteiger partial charge is 0.461 e. The Bertz CT molecular complexity index is 4100. The fraction of sp³-hybridized carbons (Fsp3) is 0.236. The minimum atomic E-state index is -6.00. The maximum absolute atomic E-state index is 15.1. The van der Waals surface area contributed by atoms with Gasteiger partial charge in [0.2, 0.25) is 11.5 Å². The molecule has 3 fully saturated rings. The van der Waals surface area contributed by atoms with E-state index in [2.05, 4.69) is 40.7 Å². The van der Waals surface area contributed by atoms with Gasteiger partial charge in [-0.2, -0.15) is 19.7 Å². The summed E-state index contributed by atoms with van der Waals surface area (Å²) in [6.07, 6.45) is 4.59. The molecule has 2 bridgehead atoms. The molecule has 0 amide bonds. The Balaban J connectivity index is 0.000000174. The Morgan fingerprint density at radius 3 is 1.33 bits per heavy atom. The van der Waals surface area contributed by atoms with Crippen LogP contribution in [0, 0.1) is 34.9 Å². The molecule has 0 atom stereocenters. The van der Waals surface area contributed by atoms with Gasteiger partial charge in [0.25, 0.3) is 5.56 Å². The number of piperazine rings is 3. The Hall–Kier alpha value is -10.3. The molecule has 0 unspecified atom stereocenters. The number of benzene rings is 3. The average molecular weight is 1350 g/mol. The van der Waals surface area contributed by atoms with E-state index in [1.165, 1.54) is 70.6 Å². The molecule has 500 valence electrons. The van der Waals surface area contributed by atoms with Gasteiger partial charge in [-0.3, -0.25) is 18.8 Å². The molecule has 0 radical (unpaired) electrons. The lowest BCUT2D eigenvalue weighted by atomic mass is 10.2. The number of hydrogen-bond acceptors (Lipinski definition) is 15. The first-order chi connectivity index (χ1) is 44.5. The first kappa shape index (κ1) is 71.1. The third-order valence-corrected chi connectivity index (χ3v) is 13.1. The van der Waals surface area contributed by atoms with E-state index in [-0.39, 0.29) is 93.6 Å². The number of carbonyl (C=O) groups is 2. The monoisotopic (exact) mass is 1350 g/mol. The number of fused-ring (bicyclic) bond motifs is 3. The largest absolute Gasteiger partial charge is 0.673 e. The molecule has 3 aliphatic heterocycles. The van der Waals surface area contributed by atoms with E-state index in [4.69, 9.17) is 23.0 Å². The number of hydrogen-bond donors (Lipinski definition) is 1. The van der Waals surface area contributed by atoms with Gasteiger partial charge in [-0.15, -0.1) is 9.41 Å². The zero-order chi connectivity index (χ0) is 68.5. The van der Waals surface area contributed by atoms with Gasteiger partial charge in [-0.05, 0) is 41.0 Å². The number of H-pyrrole nitrogens is 1. The predicted octanol–water partition coefficient (Wildman–Crippen LogP) is 11.7. The molecule has 0 saturated carbocycles. The Morgan fingerprint density at radius 2 is 0.926 bits per heavy atom. The third-order valence-electron chi connectivity index (χ3n) is 13.1. The molecule has 7 aromatic heterocycles. The van der Waals surface area contributed by atoms with Crippen molar-refractivity contribution in [1.82, 2.24) is 54.8 Å². The van der Waals surface area contributed by atoms with Crippen molar-refractivity contribution in [2.24, 2.45) is 0 Å². The molecule has 3 saturated heterocycles. The molecule has 0 spiro atoms. The van der Waals surface area contributed by atoms with Crippen LogP contribution in [-0.4, -0.2) is 143 Å². The van der Waals surface area contributed by atoms with Crippen LogP contribution in [0.2, 0.25) is 0 Å². The van der Waals surface area contributed by atoms with E-state index >= 15 is 4.39 Å². The van der Waals surface area contributed by atoms with E-state index in [1.807, 2.05) is 0 Å². The standard InChI is InChI=1S/C17H10F3N5O2.C16H13F2N3O3.C16H14FN3O3.C6H12F2N2.2BF4/c18-10-4-2-1-3-9(10)8-25-15(12-5-6-27-24-12)13(20)14(23-25)16-21-7-11(19)17(26)22-16;1-2-23-16(22)14-13(18)15(12-7-8-24-20-12)21(19-14)9-10-5-3-4-6-11(10)17;1-2-22-16(21)14-9-15(13-7-8-23-19-13)20(18-14)10-11-5-3-4-6-12(11)17;7-9-1-2-10(8,5-3-9)6-4-9;2*2-1(3,4)5/h1-7H,8H2,(H,21,22,26);3-8H,2,9H2,1H3;3-9H,2,10H2,1H3;1-6H2;;/q;;;+2;2*-1. The number of aromatic nitrogens is 11. The number of carbonyl (C=O) groups excluding carboxylic acids is 2. The zero-order valence-electron chi connectivity index (χ0n) is 48.7. The van der Waals surface area contributed by atoms with Gasteiger partial charge in [-0.25, -0.2) is 36.5 Å². The second-order valence-corrected chi connectivity index (χ2v) is 19.6. The van der Waals surface area contributed by atoms with Crippen molar-refractivity contribution < 1.29 is 112 Å². The van der Waals surface area contributed by atoms with Crippen molar-refractivity contribution in [2.45, 2.75) is 33.5 Å². The van der Waals surface area contributed by atoms with Gasteiger partial charge in [0.1, 0.15) is 64.7 Å². The number of aromatic amines is 1. The van der Waals surface area contributed by atoms with Crippen LogP contribution in [0.5, 0.6) is 0 Å². The lowest BCUT2D eigenvalue weighted by Gasteiger charge is -2.42. The summed E-state index contributed by atoms with van der Waals surface area (Å²) in [6.45, 7) is 5.84. The van der Waals surface area contributed by atoms with Gasteiger partial charge < -0.3 is 62.6 Å². The van der Waals surface area contributed by atoms with Gasteiger partial charge in [0, 0.05) is 41.0 Å². The number of quaternary nitrogens is 2. The van der Waals surface area contributed by atoms with E-state index in [0.29, 0.717) is 68.0 Å². The second-order valence-electron chi connectivity index (χ2n) is 19.6. The van der Waals surface area contributed by atoms with Gasteiger partial charge >= 0.3 is 26.4 Å². The van der Waals surface area contributed by atoms with E-state index in [9.17, 15) is 79.8 Å². The summed E-state index contributed by atoms with van der Waals surface area (Å²) in [6, 6.07) is 24.4. The SMILES string of the molecule is CCOC(=O)c1cc(-c2ccon2)n(Cc2ccccc2F)n1.CCOC(=O)c1nn(Cc2ccccc2F)c(-c2ccon2)c1F.F[B-](F)(F)F.F[B-](F)(F)F.F[N+]12CC[N+](F)(CC1)CC2.O=c1[nH]c(-c2nn(Cc3ccccc3F)c(-c3ccon3)c2F)ncc1F. The second kappa shape index (κ2) is 31.3. The van der Waals surface area contributed by atoms with E-state index in [1.54, 1.807) is 68.4 Å².